The fourth-order valence-corrected chi connectivity index (χ4v) is 2.70. The molecule has 70 valence electrons. The first-order chi connectivity index (χ1) is 6.27. The minimum Gasteiger partial charge on any atom is -0.316 e. The van der Waals surface area contributed by atoms with Crippen LogP contribution in [-0.4, -0.2) is 13.1 Å². The molecular formula is C10H11Br2N. The van der Waals surface area contributed by atoms with Gasteiger partial charge in [-0.15, -0.1) is 0 Å². The topological polar surface area (TPSA) is 12.0 Å². The van der Waals surface area contributed by atoms with E-state index in [4.69, 9.17) is 0 Å². The van der Waals surface area contributed by atoms with Crippen molar-refractivity contribution in [2.75, 3.05) is 13.1 Å². The van der Waals surface area contributed by atoms with Gasteiger partial charge in [-0.2, -0.15) is 0 Å². The lowest BCUT2D eigenvalue weighted by Gasteiger charge is -2.11. The quantitative estimate of drug-likeness (QED) is 0.839. The molecule has 13 heavy (non-hydrogen) atoms. The van der Waals surface area contributed by atoms with Crippen molar-refractivity contribution in [2.24, 2.45) is 0 Å². The Balaban J connectivity index is 2.32. The molecule has 0 aliphatic carbocycles. The SMILES string of the molecule is Brc1ccc(Br)c(C2CCNC2)c1. The van der Waals surface area contributed by atoms with Gasteiger partial charge in [0.25, 0.3) is 0 Å². The summed E-state index contributed by atoms with van der Waals surface area (Å²) >= 11 is 7.09. The highest BCUT2D eigenvalue weighted by Gasteiger charge is 2.18. The van der Waals surface area contributed by atoms with Gasteiger partial charge in [0.05, 0.1) is 0 Å². The van der Waals surface area contributed by atoms with Gasteiger partial charge in [0.15, 0.2) is 0 Å². The fraction of sp³-hybridized carbons (Fsp3) is 0.400. The number of hydrogen-bond donors (Lipinski definition) is 1. The summed E-state index contributed by atoms with van der Waals surface area (Å²) in [6.45, 7) is 2.25. The first-order valence-corrected chi connectivity index (χ1v) is 6.01. The highest BCUT2D eigenvalue weighted by atomic mass is 79.9. The normalized spacial score (nSPS) is 22.2. The van der Waals surface area contributed by atoms with E-state index < -0.39 is 0 Å². The molecule has 1 atom stereocenters. The lowest BCUT2D eigenvalue weighted by Crippen LogP contribution is -2.08. The second kappa shape index (κ2) is 4.11. The van der Waals surface area contributed by atoms with Crippen molar-refractivity contribution in [1.82, 2.24) is 5.32 Å². The summed E-state index contributed by atoms with van der Waals surface area (Å²) < 4.78 is 2.39. The average Bonchev–Trinajstić information content (AvgIpc) is 2.61. The molecule has 1 N–H and O–H groups in total. The number of rotatable bonds is 1. The largest absolute Gasteiger partial charge is 0.316 e. The Morgan fingerprint density at radius 3 is 2.85 bits per heavy atom. The van der Waals surface area contributed by atoms with Crippen LogP contribution in [0.5, 0.6) is 0 Å². The third-order valence-corrected chi connectivity index (χ3v) is 3.67. The zero-order chi connectivity index (χ0) is 9.26. The maximum absolute atomic E-state index is 3.59. The van der Waals surface area contributed by atoms with E-state index >= 15 is 0 Å². The Morgan fingerprint density at radius 1 is 1.31 bits per heavy atom. The molecule has 1 aromatic carbocycles. The smallest absolute Gasteiger partial charge is 0.0211 e. The monoisotopic (exact) mass is 303 g/mol. The Hall–Kier alpha value is 0.140. The van der Waals surface area contributed by atoms with Crippen LogP contribution in [-0.2, 0) is 0 Å². The molecule has 1 aromatic rings. The van der Waals surface area contributed by atoms with Crippen LogP contribution < -0.4 is 5.32 Å². The van der Waals surface area contributed by atoms with E-state index in [0.717, 1.165) is 17.6 Å². The van der Waals surface area contributed by atoms with E-state index in [0.29, 0.717) is 5.92 Å². The number of benzene rings is 1. The molecule has 1 aliphatic heterocycles. The number of halogens is 2. The van der Waals surface area contributed by atoms with Gasteiger partial charge in [0.2, 0.25) is 0 Å². The third-order valence-electron chi connectivity index (χ3n) is 2.46. The van der Waals surface area contributed by atoms with Crippen LogP contribution in [0.15, 0.2) is 27.1 Å². The standard InChI is InChI=1S/C10H11Br2N/c11-8-1-2-10(12)9(5-8)7-3-4-13-6-7/h1-2,5,7,13H,3-4,6H2. The summed E-state index contributed by atoms with van der Waals surface area (Å²) in [6, 6.07) is 6.38. The van der Waals surface area contributed by atoms with E-state index in [1.165, 1.54) is 16.5 Å². The van der Waals surface area contributed by atoms with Crippen LogP contribution in [0.1, 0.15) is 17.9 Å². The second-order valence-electron chi connectivity index (χ2n) is 3.36. The van der Waals surface area contributed by atoms with Crippen LogP contribution >= 0.6 is 31.9 Å². The van der Waals surface area contributed by atoms with E-state index in [1.54, 1.807) is 0 Å². The van der Waals surface area contributed by atoms with Crippen LogP contribution in [0.2, 0.25) is 0 Å². The van der Waals surface area contributed by atoms with Gasteiger partial charge >= 0.3 is 0 Å². The first kappa shape index (κ1) is 9.69. The minimum atomic E-state index is 0.673. The molecule has 0 spiro atoms. The van der Waals surface area contributed by atoms with E-state index in [9.17, 15) is 0 Å². The van der Waals surface area contributed by atoms with Crippen molar-refractivity contribution in [3.05, 3.63) is 32.7 Å². The lowest BCUT2D eigenvalue weighted by atomic mass is 9.99. The first-order valence-electron chi connectivity index (χ1n) is 4.43. The van der Waals surface area contributed by atoms with Crippen molar-refractivity contribution in [3.8, 4) is 0 Å². The van der Waals surface area contributed by atoms with Crippen molar-refractivity contribution >= 4 is 31.9 Å². The summed E-state index contributed by atoms with van der Waals surface area (Å²) in [5, 5.41) is 3.38. The zero-order valence-corrected chi connectivity index (χ0v) is 10.4. The highest BCUT2D eigenvalue weighted by molar-refractivity contribution is 9.11. The molecule has 1 heterocycles. The van der Waals surface area contributed by atoms with Gasteiger partial charge in [-0.05, 0) is 42.6 Å². The van der Waals surface area contributed by atoms with Gasteiger partial charge in [0, 0.05) is 15.5 Å². The molecule has 0 radical (unpaired) electrons. The highest BCUT2D eigenvalue weighted by Crippen LogP contribution is 2.31. The molecule has 0 aromatic heterocycles. The van der Waals surface area contributed by atoms with Crippen molar-refractivity contribution in [1.29, 1.82) is 0 Å². The molecule has 1 fully saturated rings. The van der Waals surface area contributed by atoms with Gasteiger partial charge in [0.1, 0.15) is 0 Å². The number of nitrogens with one attached hydrogen (secondary N) is 1. The van der Waals surface area contributed by atoms with Crippen molar-refractivity contribution in [2.45, 2.75) is 12.3 Å². The maximum atomic E-state index is 3.59. The Bertz CT molecular complexity index is 306. The average molecular weight is 305 g/mol. The molecule has 1 nitrogen and oxygen atoms in total. The van der Waals surface area contributed by atoms with Crippen LogP contribution in [0.3, 0.4) is 0 Å². The molecule has 0 saturated carbocycles. The van der Waals surface area contributed by atoms with E-state index in [1.807, 2.05) is 0 Å². The van der Waals surface area contributed by atoms with E-state index in [2.05, 4.69) is 55.4 Å². The predicted molar refractivity (Wildman–Crippen MR) is 62.1 cm³/mol. The Kier molecular flexibility index (Phi) is 3.06. The van der Waals surface area contributed by atoms with Gasteiger partial charge in [-0.3, -0.25) is 0 Å². The van der Waals surface area contributed by atoms with Gasteiger partial charge < -0.3 is 5.32 Å². The molecule has 1 aliphatic rings. The lowest BCUT2D eigenvalue weighted by molar-refractivity contribution is 0.759. The Labute approximate surface area is 95.2 Å². The molecule has 0 bridgehead atoms. The van der Waals surface area contributed by atoms with Crippen LogP contribution in [0.25, 0.3) is 0 Å². The second-order valence-corrected chi connectivity index (χ2v) is 5.13. The molecule has 0 amide bonds. The molecule has 1 unspecified atom stereocenters. The maximum Gasteiger partial charge on any atom is 0.0211 e. The van der Waals surface area contributed by atoms with Gasteiger partial charge in [-0.25, -0.2) is 0 Å². The minimum absolute atomic E-state index is 0.673. The molecule has 1 saturated heterocycles. The molecular weight excluding hydrogens is 294 g/mol. The van der Waals surface area contributed by atoms with Crippen LogP contribution in [0, 0.1) is 0 Å². The fourth-order valence-electron chi connectivity index (χ4n) is 1.75. The predicted octanol–water partition coefficient (Wildman–Crippen LogP) is 3.29. The summed E-state index contributed by atoms with van der Waals surface area (Å²) in [4.78, 5) is 0. The summed E-state index contributed by atoms with van der Waals surface area (Å²) in [7, 11) is 0. The third kappa shape index (κ3) is 2.14. The van der Waals surface area contributed by atoms with Crippen molar-refractivity contribution < 1.29 is 0 Å². The zero-order valence-electron chi connectivity index (χ0n) is 7.19. The summed E-state index contributed by atoms with van der Waals surface area (Å²) in [6.07, 6.45) is 1.25. The van der Waals surface area contributed by atoms with E-state index in [-0.39, 0.29) is 0 Å². The van der Waals surface area contributed by atoms with Crippen molar-refractivity contribution in [3.63, 3.8) is 0 Å². The number of hydrogen-bond acceptors (Lipinski definition) is 1. The Morgan fingerprint density at radius 2 is 2.15 bits per heavy atom. The molecule has 2 rings (SSSR count). The summed E-state index contributed by atoms with van der Waals surface area (Å²) in [5.74, 6) is 0.673. The summed E-state index contributed by atoms with van der Waals surface area (Å²) in [5.41, 5.74) is 1.42. The van der Waals surface area contributed by atoms with Crippen LogP contribution in [0.4, 0.5) is 0 Å². The van der Waals surface area contributed by atoms with Gasteiger partial charge in [-0.1, -0.05) is 31.9 Å². The molecule has 3 heteroatoms.